The van der Waals surface area contributed by atoms with Gasteiger partial charge in [0.1, 0.15) is 5.82 Å². The molecule has 2 rings (SSSR count). The highest BCUT2D eigenvalue weighted by Gasteiger charge is 2.27. The second-order valence-corrected chi connectivity index (χ2v) is 5.44. The number of hydrogen-bond acceptors (Lipinski definition) is 3. The van der Waals surface area contributed by atoms with Crippen LogP contribution in [0.5, 0.6) is 0 Å². The summed E-state index contributed by atoms with van der Waals surface area (Å²) in [5, 5.41) is 9.87. The molecule has 1 aromatic carbocycles. The molecule has 3 N–H and O–H groups in total. The van der Waals surface area contributed by atoms with Crippen molar-refractivity contribution in [2.45, 2.75) is 31.9 Å². The van der Waals surface area contributed by atoms with Crippen LogP contribution in [0.1, 0.15) is 35.7 Å². The Morgan fingerprint density at radius 3 is 2.68 bits per heavy atom. The third kappa shape index (κ3) is 3.52. The van der Waals surface area contributed by atoms with Crippen LogP contribution in [0.2, 0.25) is 0 Å². The average molecular weight is 266 g/mol. The number of carbonyl (C=O) groups is 1. The maximum atomic E-state index is 13.7. The van der Waals surface area contributed by atoms with Crippen molar-refractivity contribution in [1.82, 2.24) is 4.90 Å². The van der Waals surface area contributed by atoms with Gasteiger partial charge in [0.25, 0.3) is 0 Å². The summed E-state index contributed by atoms with van der Waals surface area (Å²) in [6, 6.07) is 4.17. The van der Waals surface area contributed by atoms with E-state index in [9.17, 15) is 14.3 Å². The van der Waals surface area contributed by atoms with E-state index in [0.717, 1.165) is 0 Å². The van der Waals surface area contributed by atoms with Gasteiger partial charge in [0.2, 0.25) is 5.91 Å². The number of rotatable bonds is 3. The third-order valence-electron chi connectivity index (χ3n) is 3.66. The summed E-state index contributed by atoms with van der Waals surface area (Å²) in [7, 11) is 0. The molecule has 0 aliphatic carbocycles. The Balaban J connectivity index is 2.07. The summed E-state index contributed by atoms with van der Waals surface area (Å²) in [5.74, 6) is -0.884. The second kappa shape index (κ2) is 5.27. The number of halogens is 1. The van der Waals surface area contributed by atoms with E-state index in [1.165, 1.54) is 18.2 Å². The zero-order chi connectivity index (χ0) is 14.0. The van der Waals surface area contributed by atoms with Crippen molar-refractivity contribution in [3.05, 3.63) is 35.1 Å². The first-order valence-electron chi connectivity index (χ1n) is 6.40. The summed E-state index contributed by atoms with van der Waals surface area (Å²) in [4.78, 5) is 13.2. The zero-order valence-corrected chi connectivity index (χ0v) is 11.0. The Labute approximate surface area is 112 Å². The van der Waals surface area contributed by atoms with E-state index in [1.54, 1.807) is 0 Å². The summed E-state index contributed by atoms with van der Waals surface area (Å²) < 4.78 is 13.7. The number of aliphatic hydroxyl groups is 1. The highest BCUT2D eigenvalue weighted by atomic mass is 19.1. The number of primary amides is 1. The lowest BCUT2D eigenvalue weighted by Crippen LogP contribution is -2.42. The van der Waals surface area contributed by atoms with Crippen molar-refractivity contribution in [1.29, 1.82) is 0 Å². The van der Waals surface area contributed by atoms with Gasteiger partial charge < -0.3 is 10.8 Å². The minimum atomic E-state index is -0.621. The molecule has 5 heteroatoms. The van der Waals surface area contributed by atoms with Crippen LogP contribution < -0.4 is 5.73 Å². The van der Waals surface area contributed by atoms with E-state index in [2.05, 4.69) is 4.90 Å². The van der Waals surface area contributed by atoms with Crippen LogP contribution in [0, 0.1) is 5.82 Å². The lowest BCUT2D eigenvalue weighted by Gasteiger charge is -2.35. The van der Waals surface area contributed by atoms with Gasteiger partial charge >= 0.3 is 0 Å². The molecule has 1 aliphatic heterocycles. The molecule has 0 bridgehead atoms. The zero-order valence-electron chi connectivity index (χ0n) is 11.0. The van der Waals surface area contributed by atoms with E-state index < -0.39 is 11.5 Å². The van der Waals surface area contributed by atoms with Crippen molar-refractivity contribution < 1.29 is 14.3 Å². The summed E-state index contributed by atoms with van der Waals surface area (Å²) in [6.07, 6.45) is 1.34. The molecule has 0 spiro atoms. The molecule has 1 aromatic rings. The van der Waals surface area contributed by atoms with E-state index >= 15 is 0 Å². The Kier molecular flexibility index (Phi) is 3.87. The van der Waals surface area contributed by atoms with Crippen molar-refractivity contribution in [3.63, 3.8) is 0 Å². The van der Waals surface area contributed by atoms with Crippen molar-refractivity contribution in [2.75, 3.05) is 13.1 Å². The number of piperidine rings is 1. The van der Waals surface area contributed by atoms with E-state index in [-0.39, 0.29) is 5.82 Å². The quantitative estimate of drug-likeness (QED) is 0.866. The predicted molar refractivity (Wildman–Crippen MR) is 70.1 cm³/mol. The number of carbonyl (C=O) groups excluding carboxylic acids is 1. The Hall–Kier alpha value is -1.46. The first-order valence-corrected chi connectivity index (χ1v) is 6.40. The van der Waals surface area contributed by atoms with Gasteiger partial charge in [-0.2, -0.15) is 0 Å². The summed E-state index contributed by atoms with van der Waals surface area (Å²) in [6.45, 7) is 3.68. The fourth-order valence-electron chi connectivity index (χ4n) is 2.28. The predicted octanol–water partition coefficient (Wildman–Crippen LogP) is 1.27. The fraction of sp³-hybridized carbons (Fsp3) is 0.500. The van der Waals surface area contributed by atoms with E-state index in [0.29, 0.717) is 43.6 Å². The molecule has 0 radical (unpaired) electrons. The van der Waals surface area contributed by atoms with Crippen LogP contribution in [-0.4, -0.2) is 34.6 Å². The first-order chi connectivity index (χ1) is 8.87. The molecule has 0 atom stereocenters. The second-order valence-electron chi connectivity index (χ2n) is 5.44. The molecule has 0 aromatic heterocycles. The fourth-order valence-corrected chi connectivity index (χ4v) is 2.28. The van der Waals surface area contributed by atoms with Gasteiger partial charge in [-0.05, 0) is 38.0 Å². The van der Waals surface area contributed by atoms with Crippen LogP contribution in [0.3, 0.4) is 0 Å². The number of likely N-dealkylation sites (tertiary alicyclic amines) is 1. The van der Waals surface area contributed by atoms with Crippen molar-refractivity contribution in [3.8, 4) is 0 Å². The number of hydrogen-bond donors (Lipinski definition) is 2. The van der Waals surface area contributed by atoms with Gasteiger partial charge in [-0.3, -0.25) is 9.69 Å². The highest BCUT2D eigenvalue weighted by Crippen LogP contribution is 2.23. The lowest BCUT2D eigenvalue weighted by molar-refractivity contribution is -0.00749. The Morgan fingerprint density at radius 2 is 2.11 bits per heavy atom. The van der Waals surface area contributed by atoms with Gasteiger partial charge in [0, 0.05) is 30.8 Å². The molecule has 104 valence electrons. The van der Waals surface area contributed by atoms with Gasteiger partial charge in [-0.25, -0.2) is 4.39 Å². The van der Waals surface area contributed by atoms with Crippen LogP contribution in [-0.2, 0) is 6.54 Å². The Bertz CT molecular complexity index is 478. The summed E-state index contributed by atoms with van der Waals surface area (Å²) in [5.41, 5.74) is 5.36. The van der Waals surface area contributed by atoms with Crippen molar-refractivity contribution in [2.24, 2.45) is 5.73 Å². The number of nitrogens with two attached hydrogens (primary N) is 1. The molecule has 1 aliphatic rings. The van der Waals surface area contributed by atoms with Gasteiger partial charge in [-0.15, -0.1) is 0 Å². The average Bonchev–Trinajstić information content (AvgIpc) is 2.34. The van der Waals surface area contributed by atoms with Gasteiger partial charge in [0.15, 0.2) is 0 Å². The van der Waals surface area contributed by atoms with Gasteiger partial charge in [-0.1, -0.05) is 0 Å². The molecular formula is C14H19FN2O2. The van der Waals surface area contributed by atoms with Gasteiger partial charge in [0.05, 0.1) is 5.60 Å². The lowest BCUT2D eigenvalue weighted by atomic mass is 9.93. The minimum Gasteiger partial charge on any atom is -0.390 e. The standard InChI is InChI=1S/C14H19FN2O2/c1-14(19)4-6-17(7-5-14)9-11-8-10(13(16)18)2-3-12(11)15/h2-3,8,19H,4-7,9H2,1H3,(H2,16,18). The Morgan fingerprint density at radius 1 is 1.47 bits per heavy atom. The monoisotopic (exact) mass is 266 g/mol. The number of benzene rings is 1. The highest BCUT2D eigenvalue weighted by molar-refractivity contribution is 5.92. The van der Waals surface area contributed by atoms with E-state index in [1.807, 2.05) is 6.92 Å². The molecule has 19 heavy (non-hydrogen) atoms. The molecule has 4 nitrogen and oxygen atoms in total. The van der Waals surface area contributed by atoms with Crippen LogP contribution in [0.25, 0.3) is 0 Å². The maximum absolute atomic E-state index is 13.7. The van der Waals surface area contributed by atoms with Crippen molar-refractivity contribution >= 4 is 5.91 Å². The molecule has 1 saturated heterocycles. The maximum Gasteiger partial charge on any atom is 0.248 e. The molecule has 1 amide bonds. The SMILES string of the molecule is CC1(O)CCN(Cc2cc(C(N)=O)ccc2F)CC1. The molecule has 1 fully saturated rings. The molecule has 0 saturated carbocycles. The third-order valence-corrected chi connectivity index (χ3v) is 3.66. The summed E-state index contributed by atoms with van der Waals surface area (Å²) >= 11 is 0. The van der Waals surface area contributed by atoms with E-state index in [4.69, 9.17) is 5.73 Å². The minimum absolute atomic E-state index is 0.320. The molecule has 0 unspecified atom stereocenters. The van der Waals surface area contributed by atoms with Crippen LogP contribution in [0.4, 0.5) is 4.39 Å². The van der Waals surface area contributed by atoms with Crippen LogP contribution >= 0.6 is 0 Å². The molecular weight excluding hydrogens is 247 g/mol. The van der Waals surface area contributed by atoms with Crippen LogP contribution in [0.15, 0.2) is 18.2 Å². The largest absolute Gasteiger partial charge is 0.390 e. The number of amides is 1. The number of nitrogens with zero attached hydrogens (tertiary/aromatic N) is 1. The topological polar surface area (TPSA) is 66.6 Å². The smallest absolute Gasteiger partial charge is 0.248 e. The first kappa shape index (κ1) is 14.0. The molecule has 1 heterocycles. The normalized spacial score (nSPS) is 19.3.